The summed E-state index contributed by atoms with van der Waals surface area (Å²) in [6, 6.07) is 16.0. The van der Waals surface area contributed by atoms with E-state index >= 15 is 0 Å². The number of benzene rings is 2. The smallest absolute Gasteiger partial charge is 0.124 e. The van der Waals surface area contributed by atoms with Crippen molar-refractivity contribution in [2.45, 2.75) is 58.0 Å². The standard InChI is InChI=1S/C29H34N6.C2H2/c1-2-13-30-18-27-32-17-26(33-27)22-8-3-6-19(16-22)20-11-12-23-21(15-20)7-4-9-24-28(23)35-29(34-24)25-10-5-14-31-25;1-2/h3,6,8,11-12,15-17,25,30-31H,2,4-5,7,9-10,13-14,18H2,1H3,(H,32,33)(H,34,35);1-2H/t25-;/m0./s1. The molecular formula is C31H36N6. The Kier molecular flexibility index (Phi) is 7.84. The monoisotopic (exact) mass is 492 g/mol. The lowest BCUT2D eigenvalue weighted by Crippen LogP contribution is -2.14. The van der Waals surface area contributed by atoms with E-state index in [4.69, 9.17) is 4.98 Å². The van der Waals surface area contributed by atoms with Gasteiger partial charge in [-0.25, -0.2) is 9.97 Å². The summed E-state index contributed by atoms with van der Waals surface area (Å²) in [5.41, 5.74) is 9.85. The van der Waals surface area contributed by atoms with Gasteiger partial charge in [0.25, 0.3) is 0 Å². The molecule has 4 aromatic rings. The Labute approximate surface area is 219 Å². The third-order valence-corrected chi connectivity index (χ3v) is 7.28. The summed E-state index contributed by atoms with van der Waals surface area (Å²) in [5, 5.41) is 6.99. The van der Waals surface area contributed by atoms with E-state index in [1.54, 1.807) is 0 Å². The van der Waals surface area contributed by atoms with E-state index in [1.807, 2.05) is 6.20 Å². The number of fused-ring (bicyclic) bond motifs is 3. The van der Waals surface area contributed by atoms with Gasteiger partial charge >= 0.3 is 0 Å². The predicted octanol–water partition coefficient (Wildman–Crippen LogP) is 5.80. The Morgan fingerprint density at radius 2 is 1.86 bits per heavy atom. The summed E-state index contributed by atoms with van der Waals surface area (Å²) in [5.74, 6) is 2.09. The van der Waals surface area contributed by atoms with Gasteiger partial charge in [0, 0.05) is 16.8 Å². The van der Waals surface area contributed by atoms with Crippen molar-refractivity contribution in [2.75, 3.05) is 13.1 Å². The Balaban J connectivity index is 0.00000137. The summed E-state index contributed by atoms with van der Waals surface area (Å²) in [7, 11) is 0. The van der Waals surface area contributed by atoms with Gasteiger partial charge in [-0.05, 0) is 74.4 Å². The van der Waals surface area contributed by atoms with Crippen LogP contribution in [-0.4, -0.2) is 33.0 Å². The van der Waals surface area contributed by atoms with Crippen LogP contribution in [0.25, 0.3) is 33.6 Å². The zero-order valence-electron chi connectivity index (χ0n) is 21.6. The molecule has 1 atom stereocenters. The van der Waals surface area contributed by atoms with E-state index in [0.29, 0.717) is 6.04 Å². The van der Waals surface area contributed by atoms with Crippen molar-refractivity contribution >= 4 is 0 Å². The van der Waals surface area contributed by atoms with Crippen molar-refractivity contribution < 1.29 is 0 Å². The average Bonchev–Trinajstić information content (AvgIpc) is 3.70. The van der Waals surface area contributed by atoms with Crippen molar-refractivity contribution in [3.05, 3.63) is 71.6 Å². The molecule has 6 heteroatoms. The van der Waals surface area contributed by atoms with E-state index in [9.17, 15) is 0 Å². The van der Waals surface area contributed by atoms with E-state index in [2.05, 4.69) is 87.8 Å². The van der Waals surface area contributed by atoms with E-state index < -0.39 is 0 Å². The fourth-order valence-electron chi connectivity index (χ4n) is 5.43. The van der Waals surface area contributed by atoms with Crippen molar-refractivity contribution in [1.82, 2.24) is 30.6 Å². The molecule has 0 unspecified atom stereocenters. The Bertz CT molecular complexity index is 1360. The molecular weight excluding hydrogens is 456 g/mol. The second kappa shape index (κ2) is 11.6. The van der Waals surface area contributed by atoms with Gasteiger partial charge in [-0.3, -0.25) is 0 Å². The minimum absolute atomic E-state index is 0.373. The largest absolute Gasteiger partial charge is 0.344 e. The van der Waals surface area contributed by atoms with Crippen molar-refractivity contribution in [1.29, 1.82) is 0 Å². The summed E-state index contributed by atoms with van der Waals surface area (Å²) in [6.45, 7) is 5.03. The van der Waals surface area contributed by atoms with Gasteiger partial charge in [0.1, 0.15) is 11.6 Å². The molecule has 0 saturated carbocycles. The molecule has 3 heterocycles. The molecule has 6 rings (SSSR count). The number of terminal acetylenes is 1. The number of H-pyrrole nitrogens is 2. The first-order chi connectivity index (χ1) is 18.3. The molecule has 2 aliphatic rings. The summed E-state index contributed by atoms with van der Waals surface area (Å²) >= 11 is 0. The topological polar surface area (TPSA) is 81.4 Å². The SMILES string of the molecule is C#C.CCCNCc1ncc(-c2cccc(-c3ccc4c(c3)CCCc3[nH]c([C@@H]5CCCN5)nc3-4)c2)[nH]1. The molecule has 37 heavy (non-hydrogen) atoms. The molecule has 1 aliphatic carbocycles. The molecule has 1 aliphatic heterocycles. The zero-order chi connectivity index (χ0) is 25.6. The minimum atomic E-state index is 0.373. The molecule has 0 amide bonds. The third-order valence-electron chi connectivity index (χ3n) is 7.28. The number of hydrogen-bond donors (Lipinski definition) is 4. The molecule has 190 valence electrons. The van der Waals surface area contributed by atoms with Crippen molar-refractivity contribution in [2.24, 2.45) is 0 Å². The summed E-state index contributed by atoms with van der Waals surface area (Å²) < 4.78 is 0. The molecule has 1 saturated heterocycles. The number of nitrogens with one attached hydrogen (secondary N) is 4. The molecule has 4 N–H and O–H groups in total. The highest BCUT2D eigenvalue weighted by Gasteiger charge is 2.24. The minimum Gasteiger partial charge on any atom is -0.344 e. The van der Waals surface area contributed by atoms with Crippen LogP contribution in [0.5, 0.6) is 0 Å². The number of nitrogens with zero attached hydrogens (tertiary/aromatic N) is 2. The number of imidazole rings is 2. The lowest BCUT2D eigenvalue weighted by atomic mass is 9.95. The number of aromatic amines is 2. The van der Waals surface area contributed by atoms with Crippen molar-refractivity contribution in [3.8, 4) is 46.5 Å². The first kappa shape index (κ1) is 25.0. The molecule has 1 fully saturated rings. The molecule has 0 spiro atoms. The van der Waals surface area contributed by atoms with Gasteiger partial charge in [0.15, 0.2) is 0 Å². The summed E-state index contributed by atoms with van der Waals surface area (Å²) in [4.78, 5) is 16.8. The maximum Gasteiger partial charge on any atom is 0.124 e. The lowest BCUT2D eigenvalue weighted by Gasteiger charge is -2.11. The van der Waals surface area contributed by atoms with Gasteiger partial charge in [-0.15, -0.1) is 12.8 Å². The van der Waals surface area contributed by atoms with Gasteiger partial charge in [0.2, 0.25) is 0 Å². The van der Waals surface area contributed by atoms with Crippen LogP contribution in [-0.2, 0) is 19.4 Å². The molecule has 6 nitrogen and oxygen atoms in total. The maximum absolute atomic E-state index is 5.08. The predicted molar refractivity (Wildman–Crippen MR) is 151 cm³/mol. The van der Waals surface area contributed by atoms with Crippen LogP contribution in [0.4, 0.5) is 0 Å². The normalized spacial score (nSPS) is 16.4. The molecule has 2 aromatic heterocycles. The maximum atomic E-state index is 5.08. The van der Waals surface area contributed by atoms with Crippen LogP contribution >= 0.6 is 0 Å². The Hall–Kier alpha value is -3.66. The van der Waals surface area contributed by atoms with Crippen LogP contribution < -0.4 is 10.6 Å². The lowest BCUT2D eigenvalue weighted by molar-refractivity contribution is 0.610. The zero-order valence-corrected chi connectivity index (χ0v) is 21.6. The third kappa shape index (κ3) is 5.39. The van der Waals surface area contributed by atoms with Crippen LogP contribution in [0.2, 0.25) is 0 Å². The first-order valence-corrected chi connectivity index (χ1v) is 13.4. The molecule has 0 bridgehead atoms. The van der Waals surface area contributed by atoms with Crippen LogP contribution in [0, 0.1) is 12.8 Å². The van der Waals surface area contributed by atoms with Crippen LogP contribution in [0.15, 0.2) is 48.7 Å². The van der Waals surface area contributed by atoms with Crippen molar-refractivity contribution in [3.63, 3.8) is 0 Å². The highest BCUT2D eigenvalue weighted by molar-refractivity contribution is 5.76. The van der Waals surface area contributed by atoms with E-state index in [1.165, 1.54) is 40.8 Å². The average molecular weight is 493 g/mol. The Morgan fingerprint density at radius 3 is 2.70 bits per heavy atom. The highest BCUT2D eigenvalue weighted by Crippen LogP contribution is 2.36. The number of aromatic nitrogens is 4. The summed E-state index contributed by atoms with van der Waals surface area (Å²) in [6.07, 6.45) is 16.7. The number of hydrogen-bond acceptors (Lipinski definition) is 4. The van der Waals surface area contributed by atoms with Gasteiger partial charge in [-0.1, -0.05) is 43.3 Å². The fourth-order valence-corrected chi connectivity index (χ4v) is 5.43. The van der Waals surface area contributed by atoms with Gasteiger partial charge in [0.05, 0.1) is 30.2 Å². The van der Waals surface area contributed by atoms with E-state index in [0.717, 1.165) is 73.9 Å². The second-order valence-corrected chi connectivity index (χ2v) is 9.82. The van der Waals surface area contributed by atoms with E-state index in [-0.39, 0.29) is 0 Å². The number of rotatable bonds is 7. The highest BCUT2D eigenvalue weighted by atomic mass is 15.0. The number of aryl methyl sites for hydroxylation is 2. The van der Waals surface area contributed by atoms with Gasteiger partial charge < -0.3 is 20.6 Å². The quantitative estimate of drug-likeness (QED) is 0.194. The molecule has 0 radical (unpaired) electrons. The Morgan fingerprint density at radius 1 is 1.00 bits per heavy atom. The van der Waals surface area contributed by atoms with Gasteiger partial charge in [-0.2, -0.15) is 0 Å². The van der Waals surface area contributed by atoms with Crippen LogP contribution in [0.3, 0.4) is 0 Å². The van der Waals surface area contributed by atoms with Crippen LogP contribution in [0.1, 0.15) is 61.6 Å². The fraction of sp³-hybridized carbons (Fsp3) is 0.355. The second-order valence-electron chi connectivity index (χ2n) is 9.82. The first-order valence-electron chi connectivity index (χ1n) is 13.4. The molecule has 2 aromatic carbocycles.